The van der Waals surface area contributed by atoms with Crippen LogP contribution in [0.15, 0.2) is 88.7 Å². The van der Waals surface area contributed by atoms with E-state index in [-0.39, 0.29) is 28.3 Å². The smallest absolute Gasteiger partial charge is 0.280 e. The summed E-state index contributed by atoms with van der Waals surface area (Å²) in [6.07, 6.45) is 3.57. The summed E-state index contributed by atoms with van der Waals surface area (Å²) in [7, 11) is -1.98. The van der Waals surface area contributed by atoms with E-state index in [4.69, 9.17) is 5.73 Å². The van der Waals surface area contributed by atoms with Gasteiger partial charge in [-0.2, -0.15) is 0 Å². The van der Waals surface area contributed by atoms with Gasteiger partial charge in [-0.25, -0.2) is 13.0 Å². The highest BCUT2D eigenvalue weighted by Gasteiger charge is 2.30. The summed E-state index contributed by atoms with van der Waals surface area (Å²) in [5.74, 6) is -1.84. The van der Waals surface area contributed by atoms with Gasteiger partial charge in [0.25, 0.3) is 11.5 Å². The Hall–Kier alpha value is -4.57. The number of carbonyl (C=O) groups is 1. The Labute approximate surface area is 230 Å². The third kappa shape index (κ3) is 4.82. The molecule has 7 nitrogen and oxygen atoms in total. The molecule has 1 atom stereocenters. The van der Waals surface area contributed by atoms with Crippen molar-refractivity contribution in [1.29, 1.82) is 0 Å². The van der Waals surface area contributed by atoms with E-state index in [1.807, 2.05) is 18.2 Å². The number of pyridine rings is 1. The van der Waals surface area contributed by atoms with E-state index in [9.17, 15) is 22.6 Å². The molecule has 202 valence electrons. The number of nitrogen functional groups attached to an aromatic ring is 1. The molecule has 2 aromatic heterocycles. The summed E-state index contributed by atoms with van der Waals surface area (Å²) in [4.78, 5) is 29.9. The highest BCUT2D eigenvalue weighted by molar-refractivity contribution is 7.83. The van der Waals surface area contributed by atoms with E-state index >= 15 is 0 Å². The zero-order valence-electron chi connectivity index (χ0n) is 21.1. The van der Waals surface area contributed by atoms with Crippen LogP contribution in [0.25, 0.3) is 22.0 Å². The number of carbonyl (C=O) groups excluding carboxylic acids is 1. The van der Waals surface area contributed by atoms with Gasteiger partial charge in [-0.05, 0) is 72.9 Å². The topological polar surface area (TPSA) is 110 Å². The summed E-state index contributed by atoms with van der Waals surface area (Å²) < 4.78 is 45.8. The van der Waals surface area contributed by atoms with Crippen molar-refractivity contribution in [3.63, 3.8) is 0 Å². The molecule has 4 N–H and O–H groups in total. The van der Waals surface area contributed by atoms with Gasteiger partial charge in [0.05, 0.1) is 11.4 Å². The minimum absolute atomic E-state index is 0.0284. The third-order valence-corrected chi connectivity index (χ3v) is 8.09. The van der Waals surface area contributed by atoms with E-state index in [0.717, 1.165) is 30.5 Å². The molecule has 10 heteroatoms. The summed E-state index contributed by atoms with van der Waals surface area (Å²) in [5, 5.41) is 0.628. The number of aromatic amines is 1. The molecule has 3 aromatic carbocycles. The van der Waals surface area contributed by atoms with Crippen molar-refractivity contribution in [2.24, 2.45) is 0 Å². The van der Waals surface area contributed by atoms with E-state index < -0.39 is 34.1 Å². The van der Waals surface area contributed by atoms with Crippen molar-refractivity contribution in [2.45, 2.75) is 30.2 Å². The van der Waals surface area contributed by atoms with Crippen LogP contribution in [0.5, 0.6) is 0 Å². The first-order valence-corrected chi connectivity index (χ1v) is 13.8. The molecule has 1 aliphatic rings. The lowest BCUT2D eigenvalue weighted by Gasteiger charge is -2.13. The first kappa shape index (κ1) is 25.7. The minimum atomic E-state index is -1.98. The molecule has 1 aliphatic carbocycles. The van der Waals surface area contributed by atoms with Gasteiger partial charge < -0.3 is 15.3 Å². The van der Waals surface area contributed by atoms with Crippen molar-refractivity contribution >= 4 is 33.5 Å². The SMILES string of the molecule is Nc1cccc(S(=O)NC(=O)c2c(-c3ccc[nH]c3=O)c3cc(C4CC4)ccc3n2Cc2ccc(F)cc2F)c1. The Morgan fingerprint density at radius 1 is 1.05 bits per heavy atom. The van der Waals surface area contributed by atoms with Gasteiger partial charge in [0.2, 0.25) is 0 Å². The van der Waals surface area contributed by atoms with Gasteiger partial charge in [0, 0.05) is 45.5 Å². The van der Waals surface area contributed by atoms with Gasteiger partial charge in [-0.1, -0.05) is 18.2 Å². The number of amides is 1. The molecule has 2 heterocycles. The number of fused-ring (bicyclic) bond motifs is 1. The summed E-state index contributed by atoms with van der Waals surface area (Å²) in [6, 6.07) is 18.6. The second-order valence-electron chi connectivity index (χ2n) is 9.78. The lowest BCUT2D eigenvalue weighted by molar-refractivity contribution is 0.0975. The fraction of sp³-hybridized carbons (Fsp3) is 0.133. The van der Waals surface area contributed by atoms with Crippen LogP contribution >= 0.6 is 0 Å². The van der Waals surface area contributed by atoms with Crippen LogP contribution in [0, 0.1) is 11.6 Å². The van der Waals surface area contributed by atoms with Gasteiger partial charge in [-0.15, -0.1) is 0 Å². The molecule has 0 saturated heterocycles. The molecule has 1 saturated carbocycles. The molecule has 1 fully saturated rings. The fourth-order valence-corrected chi connectivity index (χ4v) is 5.80. The van der Waals surface area contributed by atoms with Crippen molar-refractivity contribution in [2.75, 3.05) is 5.73 Å². The predicted octanol–water partition coefficient (Wildman–Crippen LogP) is 5.24. The molecular formula is C30H24F2N4O3S. The third-order valence-electron chi connectivity index (χ3n) is 7.04. The Morgan fingerprint density at radius 3 is 2.60 bits per heavy atom. The Morgan fingerprint density at radius 2 is 1.88 bits per heavy atom. The maximum Gasteiger partial charge on any atom is 0.280 e. The van der Waals surface area contributed by atoms with Crippen LogP contribution in [-0.2, 0) is 17.5 Å². The lowest BCUT2D eigenvalue weighted by Crippen LogP contribution is -2.29. The largest absolute Gasteiger partial charge is 0.399 e. The molecular weight excluding hydrogens is 534 g/mol. The molecule has 1 amide bonds. The second-order valence-corrected chi connectivity index (χ2v) is 11.0. The quantitative estimate of drug-likeness (QED) is 0.238. The van der Waals surface area contributed by atoms with E-state index in [1.54, 1.807) is 34.9 Å². The van der Waals surface area contributed by atoms with Gasteiger partial charge in [-0.3, -0.25) is 14.3 Å². The molecule has 0 bridgehead atoms. The zero-order valence-corrected chi connectivity index (χ0v) is 21.9. The monoisotopic (exact) mass is 558 g/mol. The summed E-state index contributed by atoms with van der Waals surface area (Å²) >= 11 is 0. The van der Waals surface area contributed by atoms with Crippen molar-refractivity contribution in [3.8, 4) is 11.1 Å². The first-order valence-electron chi connectivity index (χ1n) is 12.7. The van der Waals surface area contributed by atoms with Crippen molar-refractivity contribution < 1.29 is 17.8 Å². The average molecular weight is 559 g/mol. The van der Waals surface area contributed by atoms with E-state index in [0.29, 0.717) is 28.1 Å². The number of halogens is 2. The Balaban J connectivity index is 1.58. The lowest BCUT2D eigenvalue weighted by atomic mass is 10.00. The molecule has 0 radical (unpaired) electrons. The Kier molecular flexibility index (Phi) is 6.55. The van der Waals surface area contributed by atoms with E-state index in [1.165, 1.54) is 18.3 Å². The second kappa shape index (κ2) is 10.2. The number of nitrogens with one attached hydrogen (secondary N) is 2. The van der Waals surface area contributed by atoms with Gasteiger partial charge >= 0.3 is 0 Å². The molecule has 5 aromatic rings. The zero-order chi connectivity index (χ0) is 28.0. The van der Waals surface area contributed by atoms with Crippen LogP contribution < -0.4 is 16.0 Å². The molecule has 6 rings (SSSR count). The van der Waals surface area contributed by atoms with Crippen molar-refractivity contribution in [1.82, 2.24) is 14.3 Å². The van der Waals surface area contributed by atoms with Crippen LogP contribution in [-0.4, -0.2) is 19.7 Å². The summed E-state index contributed by atoms with van der Waals surface area (Å²) in [6.45, 7) is -0.135. The van der Waals surface area contributed by atoms with Crippen LogP contribution in [0.2, 0.25) is 0 Å². The average Bonchev–Trinajstić information content (AvgIpc) is 3.73. The number of benzene rings is 3. The first-order chi connectivity index (χ1) is 19.3. The molecule has 1 unspecified atom stereocenters. The minimum Gasteiger partial charge on any atom is -0.399 e. The number of anilines is 1. The number of nitrogens with zero attached hydrogens (tertiary/aromatic N) is 1. The fourth-order valence-electron chi connectivity index (χ4n) is 4.98. The van der Waals surface area contributed by atoms with Crippen molar-refractivity contribution in [3.05, 3.63) is 118 Å². The van der Waals surface area contributed by atoms with Crippen LogP contribution in [0.1, 0.15) is 40.4 Å². The number of nitrogens with two attached hydrogens (primary N) is 1. The van der Waals surface area contributed by atoms with Crippen LogP contribution in [0.3, 0.4) is 0 Å². The predicted molar refractivity (Wildman–Crippen MR) is 150 cm³/mol. The molecule has 0 spiro atoms. The standard InChI is InChI=1S/C30H24F2N4O3S/c31-20-10-8-19(25(32)14-20)16-36-26-11-9-18(17-6-7-17)13-24(26)27(23-5-2-12-34-29(23)37)28(36)30(38)35-40(39)22-4-1-3-21(33)15-22/h1-5,8-15,17H,6-7,16,33H2,(H,34,37)(H,35,38). The maximum absolute atomic E-state index is 14.8. The molecule has 40 heavy (non-hydrogen) atoms. The number of rotatable bonds is 7. The van der Waals surface area contributed by atoms with E-state index in [2.05, 4.69) is 9.71 Å². The number of hydrogen-bond acceptors (Lipinski definition) is 4. The highest BCUT2D eigenvalue weighted by atomic mass is 32.2. The van der Waals surface area contributed by atoms with Gasteiger partial charge in [0.1, 0.15) is 17.3 Å². The van der Waals surface area contributed by atoms with Gasteiger partial charge in [0.15, 0.2) is 11.0 Å². The number of H-pyrrole nitrogens is 1. The number of hydrogen-bond donors (Lipinski definition) is 3. The summed E-state index contributed by atoms with van der Waals surface area (Å²) in [5.41, 5.74) is 8.18. The maximum atomic E-state index is 14.8. The number of aromatic nitrogens is 2. The molecule has 0 aliphatic heterocycles. The Bertz CT molecular complexity index is 1880. The highest BCUT2D eigenvalue weighted by Crippen LogP contribution is 2.43. The van der Waals surface area contributed by atoms with Crippen LogP contribution in [0.4, 0.5) is 14.5 Å². The normalized spacial score (nSPS) is 13.8.